The number of ether oxygens (including phenoxy) is 1. The number of hydrogen-bond donors (Lipinski definition) is 2. The summed E-state index contributed by atoms with van der Waals surface area (Å²) in [5.74, 6) is 0.147. The highest BCUT2D eigenvalue weighted by molar-refractivity contribution is 5.86. The molecule has 1 aliphatic carbocycles. The lowest BCUT2D eigenvalue weighted by Crippen LogP contribution is -2.29. The number of fused-ring (bicyclic) bond motifs is 1. The van der Waals surface area contributed by atoms with Gasteiger partial charge >= 0.3 is 5.97 Å². The fourth-order valence-corrected chi connectivity index (χ4v) is 4.51. The third kappa shape index (κ3) is 4.60. The van der Waals surface area contributed by atoms with Crippen LogP contribution in [0.3, 0.4) is 0 Å². The van der Waals surface area contributed by atoms with Crippen molar-refractivity contribution in [3.63, 3.8) is 0 Å². The maximum Gasteiger partial charge on any atom is 0.341 e. The summed E-state index contributed by atoms with van der Waals surface area (Å²) in [6.45, 7) is 1.94. The van der Waals surface area contributed by atoms with Gasteiger partial charge in [0.25, 0.3) is 0 Å². The number of carboxylic acid groups (broad SMARTS) is 1. The van der Waals surface area contributed by atoms with Gasteiger partial charge in [-0.3, -0.25) is 0 Å². The number of hydrogen-bond acceptors (Lipinski definition) is 3. The van der Waals surface area contributed by atoms with Gasteiger partial charge in [-0.1, -0.05) is 54.6 Å². The lowest BCUT2D eigenvalue weighted by molar-refractivity contribution is -0.139. The van der Waals surface area contributed by atoms with Gasteiger partial charge in [-0.25, -0.2) is 4.79 Å². The molecule has 1 saturated carbocycles. The Morgan fingerprint density at radius 1 is 1.10 bits per heavy atom. The SMILES string of the molecule is C[C@@H](NC1CCC(c2cccc(OCC(=O)O)c2)C1)c1cccc2ccccc12. The van der Waals surface area contributed by atoms with Crippen LogP contribution in [0, 0.1) is 0 Å². The monoisotopic (exact) mass is 389 g/mol. The van der Waals surface area contributed by atoms with Gasteiger partial charge in [0.15, 0.2) is 6.61 Å². The molecule has 0 aromatic heterocycles. The normalized spacial score (nSPS) is 19.9. The third-order valence-corrected chi connectivity index (χ3v) is 5.90. The smallest absolute Gasteiger partial charge is 0.341 e. The number of aliphatic carboxylic acids is 1. The predicted octanol–water partition coefficient (Wildman–Crippen LogP) is 5.29. The summed E-state index contributed by atoms with van der Waals surface area (Å²) in [4.78, 5) is 10.7. The van der Waals surface area contributed by atoms with Crippen molar-refractivity contribution in [3.05, 3.63) is 77.9 Å². The molecule has 4 rings (SSSR count). The molecule has 1 fully saturated rings. The van der Waals surface area contributed by atoms with E-state index in [0.717, 1.165) is 19.3 Å². The van der Waals surface area contributed by atoms with Crippen molar-refractivity contribution < 1.29 is 14.6 Å². The number of benzene rings is 3. The van der Waals surface area contributed by atoms with Crippen LogP contribution < -0.4 is 10.1 Å². The minimum Gasteiger partial charge on any atom is -0.482 e. The molecule has 0 aliphatic heterocycles. The number of rotatable bonds is 7. The van der Waals surface area contributed by atoms with Crippen LogP contribution >= 0.6 is 0 Å². The average Bonchev–Trinajstić information content (AvgIpc) is 3.20. The van der Waals surface area contributed by atoms with Crippen LogP contribution in [0.1, 0.15) is 49.3 Å². The highest BCUT2D eigenvalue weighted by Crippen LogP contribution is 2.37. The maximum absolute atomic E-state index is 10.7. The van der Waals surface area contributed by atoms with E-state index < -0.39 is 5.97 Å². The molecule has 4 nitrogen and oxygen atoms in total. The molecule has 4 heteroatoms. The Kier molecular flexibility index (Phi) is 5.81. The molecule has 3 aromatic rings. The van der Waals surface area contributed by atoms with Gasteiger partial charge < -0.3 is 15.2 Å². The molecule has 0 radical (unpaired) electrons. The van der Waals surface area contributed by atoms with Crippen molar-refractivity contribution >= 4 is 16.7 Å². The standard InChI is InChI=1S/C25H27NO3/c1-17(23-11-5-7-18-6-2-3-10-24(18)23)26-21-13-12-20(14-21)19-8-4-9-22(15-19)29-16-25(27)28/h2-11,15,17,20-21,26H,12-14,16H2,1H3,(H,27,28)/t17-,20?,21?/m1/s1. The zero-order valence-corrected chi connectivity index (χ0v) is 16.7. The minimum atomic E-state index is -0.956. The van der Waals surface area contributed by atoms with Crippen molar-refractivity contribution in [1.82, 2.24) is 5.32 Å². The molecule has 2 unspecified atom stereocenters. The van der Waals surface area contributed by atoms with Crippen LogP contribution in [0.25, 0.3) is 10.8 Å². The van der Waals surface area contributed by atoms with E-state index in [1.54, 1.807) is 0 Å². The fraction of sp³-hybridized carbons (Fsp3) is 0.320. The Morgan fingerprint density at radius 2 is 1.90 bits per heavy atom. The van der Waals surface area contributed by atoms with E-state index in [-0.39, 0.29) is 12.6 Å². The number of nitrogens with one attached hydrogen (secondary N) is 1. The first-order valence-corrected chi connectivity index (χ1v) is 10.3. The van der Waals surface area contributed by atoms with Crippen molar-refractivity contribution in [2.75, 3.05) is 6.61 Å². The molecule has 0 heterocycles. The molecule has 0 bridgehead atoms. The quantitative estimate of drug-likeness (QED) is 0.576. The number of carbonyl (C=O) groups is 1. The topological polar surface area (TPSA) is 58.6 Å². The van der Waals surface area contributed by atoms with Gasteiger partial charge in [0.05, 0.1) is 0 Å². The summed E-state index contributed by atoms with van der Waals surface area (Å²) >= 11 is 0. The Hall–Kier alpha value is -2.85. The van der Waals surface area contributed by atoms with E-state index in [1.807, 2.05) is 18.2 Å². The predicted molar refractivity (Wildman–Crippen MR) is 115 cm³/mol. The first-order chi connectivity index (χ1) is 14.1. The first kappa shape index (κ1) is 19.5. The second-order valence-electron chi connectivity index (χ2n) is 7.92. The van der Waals surface area contributed by atoms with E-state index >= 15 is 0 Å². The largest absolute Gasteiger partial charge is 0.482 e. The first-order valence-electron chi connectivity index (χ1n) is 10.3. The summed E-state index contributed by atoms with van der Waals surface area (Å²) in [6.07, 6.45) is 3.35. The van der Waals surface area contributed by atoms with Crippen LogP contribution in [0.5, 0.6) is 5.75 Å². The van der Waals surface area contributed by atoms with Crippen molar-refractivity contribution in [1.29, 1.82) is 0 Å². The molecule has 0 spiro atoms. The van der Waals surface area contributed by atoms with E-state index in [2.05, 4.69) is 60.8 Å². The molecular weight excluding hydrogens is 362 g/mol. The molecule has 2 N–H and O–H groups in total. The van der Waals surface area contributed by atoms with E-state index in [1.165, 1.54) is 21.9 Å². The van der Waals surface area contributed by atoms with Crippen LogP contribution in [0.4, 0.5) is 0 Å². The molecule has 0 amide bonds. The summed E-state index contributed by atoms with van der Waals surface area (Å²) in [6, 6.07) is 23.7. The van der Waals surface area contributed by atoms with Crippen LogP contribution in [0.2, 0.25) is 0 Å². The van der Waals surface area contributed by atoms with Gasteiger partial charge in [-0.15, -0.1) is 0 Å². The highest BCUT2D eigenvalue weighted by Gasteiger charge is 2.27. The van der Waals surface area contributed by atoms with Gasteiger partial charge in [0.2, 0.25) is 0 Å². The van der Waals surface area contributed by atoms with Crippen molar-refractivity contribution in [2.24, 2.45) is 0 Å². The highest BCUT2D eigenvalue weighted by atomic mass is 16.5. The van der Waals surface area contributed by atoms with E-state index in [9.17, 15) is 4.79 Å². The van der Waals surface area contributed by atoms with E-state index in [4.69, 9.17) is 9.84 Å². The van der Waals surface area contributed by atoms with Crippen LogP contribution in [-0.2, 0) is 4.79 Å². The molecule has 1 aliphatic rings. The van der Waals surface area contributed by atoms with Crippen LogP contribution in [-0.4, -0.2) is 23.7 Å². The average molecular weight is 389 g/mol. The Bertz CT molecular complexity index is 995. The lowest BCUT2D eigenvalue weighted by atomic mass is 9.96. The fourth-order valence-electron chi connectivity index (χ4n) is 4.51. The van der Waals surface area contributed by atoms with Gasteiger partial charge in [0, 0.05) is 12.1 Å². The molecule has 0 saturated heterocycles. The summed E-state index contributed by atoms with van der Waals surface area (Å²) in [5.41, 5.74) is 2.57. The van der Waals surface area contributed by atoms with Crippen LogP contribution in [0.15, 0.2) is 66.7 Å². The number of carboxylic acids is 1. The summed E-state index contributed by atoms with van der Waals surface area (Å²) in [5, 5.41) is 15.2. The zero-order valence-electron chi connectivity index (χ0n) is 16.7. The van der Waals surface area contributed by atoms with Gasteiger partial charge in [-0.2, -0.15) is 0 Å². The molecule has 29 heavy (non-hydrogen) atoms. The molecule has 3 aromatic carbocycles. The minimum absolute atomic E-state index is 0.287. The Morgan fingerprint density at radius 3 is 2.76 bits per heavy atom. The second-order valence-corrected chi connectivity index (χ2v) is 7.92. The van der Waals surface area contributed by atoms with Crippen molar-refractivity contribution in [2.45, 2.75) is 44.2 Å². The Balaban J connectivity index is 1.41. The maximum atomic E-state index is 10.7. The summed E-state index contributed by atoms with van der Waals surface area (Å²) < 4.78 is 5.34. The van der Waals surface area contributed by atoms with E-state index in [0.29, 0.717) is 17.7 Å². The third-order valence-electron chi connectivity index (χ3n) is 5.90. The molecule has 150 valence electrons. The van der Waals surface area contributed by atoms with Gasteiger partial charge in [-0.05, 0) is 66.1 Å². The molecule has 3 atom stereocenters. The Labute approximate surface area is 171 Å². The van der Waals surface area contributed by atoms with Gasteiger partial charge in [0.1, 0.15) is 5.75 Å². The molecular formula is C25H27NO3. The van der Waals surface area contributed by atoms with Crippen molar-refractivity contribution in [3.8, 4) is 5.75 Å². The second kappa shape index (κ2) is 8.66. The summed E-state index contributed by atoms with van der Waals surface area (Å²) in [7, 11) is 0. The lowest BCUT2D eigenvalue weighted by Gasteiger charge is -2.21. The zero-order chi connectivity index (χ0) is 20.2.